The Morgan fingerprint density at radius 1 is 1.37 bits per heavy atom. The van der Waals surface area contributed by atoms with Gasteiger partial charge in [0.15, 0.2) is 0 Å². The van der Waals surface area contributed by atoms with E-state index in [0.717, 1.165) is 12.1 Å². The van der Waals surface area contributed by atoms with Gasteiger partial charge in [-0.15, -0.1) is 0 Å². The lowest BCUT2D eigenvalue weighted by atomic mass is 10.1. The van der Waals surface area contributed by atoms with Gasteiger partial charge in [0, 0.05) is 12.1 Å². The smallest absolute Gasteiger partial charge is 0.321 e. The highest BCUT2D eigenvalue weighted by Crippen LogP contribution is 2.12. The van der Waals surface area contributed by atoms with Crippen molar-refractivity contribution >= 4 is 27.8 Å². The first-order valence-corrected chi connectivity index (χ1v) is 6.28. The quantitative estimate of drug-likeness (QED) is 0.656. The molecule has 1 aromatic rings. The molecule has 0 aliphatic heterocycles. The lowest BCUT2D eigenvalue weighted by Crippen LogP contribution is -2.35. The molecule has 104 valence electrons. The van der Waals surface area contributed by atoms with Crippen molar-refractivity contribution in [1.82, 2.24) is 5.32 Å². The number of rotatable bonds is 5. The Morgan fingerprint density at radius 2 is 1.95 bits per heavy atom. The fourth-order valence-corrected chi connectivity index (χ4v) is 1.69. The second-order valence-electron chi connectivity index (χ2n) is 3.67. The van der Waals surface area contributed by atoms with Crippen LogP contribution in [0.5, 0.6) is 0 Å². The number of halogens is 3. The van der Waals surface area contributed by atoms with Crippen molar-refractivity contribution in [2.75, 3.05) is 13.7 Å². The van der Waals surface area contributed by atoms with Crippen molar-refractivity contribution in [3.05, 3.63) is 35.4 Å². The van der Waals surface area contributed by atoms with E-state index in [2.05, 4.69) is 26.0 Å². The summed E-state index contributed by atoms with van der Waals surface area (Å²) in [5, 5.41) is 2.38. The molecule has 0 saturated carbocycles. The maximum absolute atomic E-state index is 13.3. The number of hydrogen-bond donors (Lipinski definition) is 1. The van der Waals surface area contributed by atoms with Crippen molar-refractivity contribution in [2.24, 2.45) is 0 Å². The van der Waals surface area contributed by atoms with E-state index >= 15 is 0 Å². The maximum Gasteiger partial charge on any atom is 0.321 e. The third-order valence-electron chi connectivity index (χ3n) is 2.33. The minimum Gasteiger partial charge on any atom is -0.468 e. The van der Waals surface area contributed by atoms with Crippen LogP contribution in [0.4, 0.5) is 8.78 Å². The minimum atomic E-state index is -0.779. The van der Waals surface area contributed by atoms with Gasteiger partial charge in [-0.05, 0) is 12.1 Å². The Balaban J connectivity index is 2.54. The normalized spacial score (nSPS) is 11.8. The van der Waals surface area contributed by atoms with Crippen LogP contribution in [-0.2, 0) is 20.7 Å². The first kappa shape index (κ1) is 15.6. The van der Waals surface area contributed by atoms with Crippen LogP contribution in [0.1, 0.15) is 5.56 Å². The second-order valence-corrected chi connectivity index (χ2v) is 4.78. The van der Waals surface area contributed by atoms with E-state index in [-0.39, 0.29) is 12.1 Å². The highest BCUT2D eigenvalue weighted by atomic mass is 79.9. The number of nitrogens with one attached hydrogen (secondary N) is 1. The number of benzene rings is 1. The average molecular weight is 336 g/mol. The highest BCUT2D eigenvalue weighted by Gasteiger charge is 2.17. The molecule has 0 heterocycles. The zero-order valence-corrected chi connectivity index (χ0v) is 11.7. The first-order valence-electron chi connectivity index (χ1n) is 5.37. The van der Waals surface area contributed by atoms with Crippen molar-refractivity contribution in [1.29, 1.82) is 0 Å². The SMILES string of the molecule is COC(=O)C(Br)CNC(=O)Cc1c(F)cccc1F. The number of esters is 1. The molecule has 0 aliphatic carbocycles. The molecule has 1 aromatic carbocycles. The van der Waals surface area contributed by atoms with Gasteiger partial charge in [0.05, 0.1) is 13.5 Å². The minimum absolute atomic E-state index is 0.0262. The molecule has 1 rings (SSSR count). The van der Waals surface area contributed by atoms with E-state index < -0.39 is 34.8 Å². The molecule has 7 heteroatoms. The predicted molar refractivity (Wildman–Crippen MR) is 67.8 cm³/mol. The van der Waals surface area contributed by atoms with Crippen LogP contribution >= 0.6 is 15.9 Å². The van der Waals surface area contributed by atoms with Crippen LogP contribution in [0.25, 0.3) is 0 Å². The highest BCUT2D eigenvalue weighted by molar-refractivity contribution is 9.10. The van der Waals surface area contributed by atoms with Gasteiger partial charge in [-0.3, -0.25) is 9.59 Å². The predicted octanol–water partition coefficient (Wildman–Crippen LogP) is 1.56. The van der Waals surface area contributed by atoms with Gasteiger partial charge < -0.3 is 10.1 Å². The van der Waals surface area contributed by atoms with Gasteiger partial charge in [-0.1, -0.05) is 22.0 Å². The van der Waals surface area contributed by atoms with Gasteiger partial charge >= 0.3 is 5.97 Å². The fraction of sp³-hybridized carbons (Fsp3) is 0.333. The molecule has 19 heavy (non-hydrogen) atoms. The zero-order chi connectivity index (χ0) is 14.4. The number of hydrogen-bond acceptors (Lipinski definition) is 3. The van der Waals surface area contributed by atoms with Crippen LogP contribution in [0.3, 0.4) is 0 Å². The molecule has 1 amide bonds. The molecule has 0 radical (unpaired) electrons. The number of methoxy groups -OCH3 is 1. The Kier molecular flexibility index (Phi) is 5.88. The zero-order valence-electron chi connectivity index (χ0n) is 10.1. The third-order valence-corrected chi connectivity index (χ3v) is 3.03. The number of carbonyl (C=O) groups is 2. The van der Waals surface area contributed by atoms with Crippen molar-refractivity contribution in [3.63, 3.8) is 0 Å². The van der Waals surface area contributed by atoms with Gasteiger partial charge in [0.2, 0.25) is 5.91 Å². The van der Waals surface area contributed by atoms with Crippen molar-refractivity contribution in [2.45, 2.75) is 11.2 Å². The van der Waals surface area contributed by atoms with Crippen LogP contribution in [0.15, 0.2) is 18.2 Å². The molecule has 0 spiro atoms. The van der Waals surface area contributed by atoms with E-state index in [1.165, 1.54) is 13.2 Å². The van der Waals surface area contributed by atoms with E-state index in [1.54, 1.807) is 0 Å². The van der Waals surface area contributed by atoms with Crippen LogP contribution in [-0.4, -0.2) is 30.4 Å². The topological polar surface area (TPSA) is 55.4 Å². The number of ether oxygens (including phenoxy) is 1. The first-order chi connectivity index (χ1) is 8.95. The van der Waals surface area contributed by atoms with E-state index in [4.69, 9.17) is 0 Å². The molecule has 4 nitrogen and oxygen atoms in total. The molecule has 0 aliphatic rings. The summed E-state index contributed by atoms with van der Waals surface area (Å²) in [5.41, 5.74) is -0.302. The largest absolute Gasteiger partial charge is 0.468 e. The fourth-order valence-electron chi connectivity index (χ4n) is 1.34. The maximum atomic E-state index is 13.3. The van der Waals surface area contributed by atoms with Gasteiger partial charge in [0.1, 0.15) is 16.5 Å². The monoisotopic (exact) mass is 335 g/mol. The molecular weight excluding hydrogens is 324 g/mol. The molecule has 0 saturated heterocycles. The standard InChI is InChI=1S/C12H12BrF2NO3/c1-19-12(18)8(13)6-16-11(17)5-7-9(14)3-2-4-10(7)15/h2-4,8H,5-6H2,1H3,(H,16,17). The molecule has 1 N–H and O–H groups in total. The van der Waals surface area contributed by atoms with E-state index in [0.29, 0.717) is 0 Å². The third kappa shape index (κ3) is 4.59. The number of alkyl halides is 1. The van der Waals surface area contributed by atoms with Crippen molar-refractivity contribution in [3.8, 4) is 0 Å². The van der Waals surface area contributed by atoms with Gasteiger partial charge in [-0.25, -0.2) is 8.78 Å². The molecule has 1 atom stereocenters. The number of carbonyl (C=O) groups excluding carboxylic acids is 2. The second kappa shape index (κ2) is 7.18. The summed E-state index contributed by atoms with van der Waals surface area (Å²) < 4.78 is 31.0. The molecular formula is C12H12BrF2NO3. The summed E-state index contributed by atoms with van der Waals surface area (Å²) in [4.78, 5) is 21.9. The molecule has 1 unspecified atom stereocenters. The number of amides is 1. The summed E-state index contributed by atoms with van der Waals surface area (Å²) in [7, 11) is 1.22. The van der Waals surface area contributed by atoms with Gasteiger partial charge in [0.25, 0.3) is 0 Å². The van der Waals surface area contributed by atoms with E-state index in [1.807, 2.05) is 0 Å². The van der Waals surface area contributed by atoms with E-state index in [9.17, 15) is 18.4 Å². The summed E-state index contributed by atoms with van der Waals surface area (Å²) >= 11 is 3.01. The van der Waals surface area contributed by atoms with Crippen LogP contribution in [0, 0.1) is 11.6 Å². The lowest BCUT2D eigenvalue weighted by molar-refractivity contribution is -0.139. The average Bonchev–Trinajstić information content (AvgIpc) is 2.39. The van der Waals surface area contributed by atoms with Crippen LogP contribution in [0.2, 0.25) is 0 Å². The lowest BCUT2D eigenvalue weighted by Gasteiger charge is -2.10. The molecule has 0 fully saturated rings. The summed E-state index contributed by atoms with van der Waals surface area (Å²) in [5.74, 6) is -2.69. The Bertz CT molecular complexity index is 462. The Morgan fingerprint density at radius 3 is 2.47 bits per heavy atom. The van der Waals surface area contributed by atoms with Crippen LogP contribution < -0.4 is 5.32 Å². The Labute approximate surface area is 117 Å². The Hall–Kier alpha value is -1.50. The summed E-state index contributed by atoms with van der Waals surface area (Å²) in [6.07, 6.45) is -0.431. The summed E-state index contributed by atoms with van der Waals surface area (Å²) in [6.45, 7) is -0.0262. The van der Waals surface area contributed by atoms with Crippen molar-refractivity contribution < 1.29 is 23.1 Å². The molecule has 0 bridgehead atoms. The summed E-state index contributed by atoms with van der Waals surface area (Å²) in [6, 6.07) is 3.37. The van der Waals surface area contributed by atoms with Gasteiger partial charge in [-0.2, -0.15) is 0 Å². The molecule has 0 aromatic heterocycles.